The number of halogens is 1. The Hall–Kier alpha value is -1.45. The summed E-state index contributed by atoms with van der Waals surface area (Å²) in [5.74, 6) is 1.60. The van der Waals surface area contributed by atoms with Crippen LogP contribution in [0.4, 0.5) is 0 Å². The van der Waals surface area contributed by atoms with E-state index in [2.05, 4.69) is 0 Å². The van der Waals surface area contributed by atoms with E-state index in [0.29, 0.717) is 17.0 Å². The maximum atomic E-state index is 9.22. The van der Waals surface area contributed by atoms with Gasteiger partial charge in [0.1, 0.15) is 17.1 Å². The van der Waals surface area contributed by atoms with Gasteiger partial charge in [-0.1, -0.05) is 11.6 Å². The van der Waals surface area contributed by atoms with E-state index in [0.717, 1.165) is 33.4 Å². The third-order valence-corrected chi connectivity index (χ3v) is 3.48. The summed E-state index contributed by atoms with van der Waals surface area (Å²) in [7, 11) is 0. The highest BCUT2D eigenvalue weighted by atomic mass is 35.5. The van der Waals surface area contributed by atoms with Gasteiger partial charge >= 0.3 is 0 Å². The summed E-state index contributed by atoms with van der Waals surface area (Å²) < 4.78 is 11.4. The highest BCUT2D eigenvalue weighted by Gasteiger charge is 2.19. The molecule has 0 saturated carbocycles. The minimum atomic E-state index is 0.0653. The molecule has 0 saturated heterocycles. The van der Waals surface area contributed by atoms with Crippen LogP contribution in [0.5, 0.6) is 0 Å². The van der Waals surface area contributed by atoms with E-state index < -0.39 is 0 Å². The first kappa shape index (κ1) is 11.6. The molecule has 0 aliphatic carbocycles. The van der Waals surface area contributed by atoms with Crippen molar-refractivity contribution in [1.82, 2.24) is 0 Å². The Kier molecular flexibility index (Phi) is 2.61. The largest absolute Gasteiger partial charge is 0.461 e. The maximum absolute atomic E-state index is 9.22. The lowest BCUT2D eigenvalue weighted by atomic mass is 10.0. The molecular formula is C14H13ClO3. The van der Waals surface area contributed by atoms with Gasteiger partial charge in [0.05, 0.1) is 5.02 Å². The van der Waals surface area contributed by atoms with Crippen molar-refractivity contribution in [3.63, 3.8) is 0 Å². The van der Waals surface area contributed by atoms with Gasteiger partial charge in [-0.15, -0.1) is 0 Å². The predicted molar refractivity (Wildman–Crippen MR) is 71.3 cm³/mol. The van der Waals surface area contributed by atoms with Crippen molar-refractivity contribution in [3.8, 4) is 0 Å². The monoisotopic (exact) mass is 264 g/mol. The number of aliphatic hydroxyl groups excluding tert-OH is 1. The van der Waals surface area contributed by atoms with Crippen LogP contribution < -0.4 is 0 Å². The van der Waals surface area contributed by atoms with Gasteiger partial charge in [-0.2, -0.15) is 0 Å². The van der Waals surface area contributed by atoms with Crippen LogP contribution in [0.15, 0.2) is 21.0 Å². The summed E-state index contributed by atoms with van der Waals surface area (Å²) in [6.07, 6.45) is 0.524. The number of aliphatic hydroxyl groups is 1. The molecule has 2 heterocycles. The molecule has 18 heavy (non-hydrogen) atoms. The quantitative estimate of drug-likeness (QED) is 0.761. The fraction of sp³-hybridized carbons (Fsp3) is 0.286. The highest BCUT2D eigenvalue weighted by Crippen LogP contribution is 2.39. The summed E-state index contributed by atoms with van der Waals surface area (Å²) >= 11 is 6.36. The van der Waals surface area contributed by atoms with Crippen LogP contribution in [-0.4, -0.2) is 11.7 Å². The molecule has 0 atom stereocenters. The average molecular weight is 265 g/mol. The zero-order valence-corrected chi connectivity index (χ0v) is 11.0. The molecule has 1 N–H and O–H groups in total. The van der Waals surface area contributed by atoms with Gasteiger partial charge in [0.25, 0.3) is 0 Å². The third-order valence-electron chi connectivity index (χ3n) is 3.11. The first-order chi connectivity index (χ1) is 8.61. The molecule has 0 fully saturated rings. The van der Waals surface area contributed by atoms with Crippen molar-refractivity contribution < 1.29 is 13.9 Å². The van der Waals surface area contributed by atoms with Gasteiger partial charge in [-0.3, -0.25) is 0 Å². The molecule has 3 rings (SSSR count). The second kappa shape index (κ2) is 4.04. The maximum Gasteiger partial charge on any atom is 0.154 e. The van der Waals surface area contributed by atoms with Crippen LogP contribution in [0.2, 0.25) is 5.02 Å². The lowest BCUT2D eigenvalue weighted by Crippen LogP contribution is -1.92. The standard InChI is InChI=1S/C14H13ClO3/c1-7-5-10-9(3-4-16)13-11(6-8(2)17-13)12(15)14(10)18-7/h5-6,16H,3-4H2,1-2H3. The molecule has 0 aliphatic rings. The van der Waals surface area contributed by atoms with Crippen molar-refractivity contribution >= 4 is 33.5 Å². The fourth-order valence-electron chi connectivity index (χ4n) is 2.41. The van der Waals surface area contributed by atoms with Crippen LogP contribution in [0.25, 0.3) is 21.9 Å². The predicted octanol–water partition coefficient (Wildman–Crippen LogP) is 3.98. The van der Waals surface area contributed by atoms with E-state index in [-0.39, 0.29) is 6.61 Å². The van der Waals surface area contributed by atoms with Gasteiger partial charge < -0.3 is 13.9 Å². The fourth-order valence-corrected chi connectivity index (χ4v) is 2.69. The minimum Gasteiger partial charge on any atom is -0.461 e. The summed E-state index contributed by atoms with van der Waals surface area (Å²) in [5, 5.41) is 11.6. The molecule has 0 unspecified atom stereocenters. The molecule has 94 valence electrons. The zero-order valence-electron chi connectivity index (χ0n) is 10.2. The first-order valence-electron chi connectivity index (χ1n) is 5.83. The molecule has 0 bridgehead atoms. The number of rotatable bonds is 2. The van der Waals surface area contributed by atoms with Crippen LogP contribution in [0, 0.1) is 13.8 Å². The summed E-state index contributed by atoms with van der Waals surface area (Å²) in [6.45, 7) is 3.83. The first-order valence-corrected chi connectivity index (χ1v) is 6.21. The Morgan fingerprint density at radius 2 is 1.67 bits per heavy atom. The second-order valence-corrected chi connectivity index (χ2v) is 4.84. The average Bonchev–Trinajstić information content (AvgIpc) is 2.88. The Balaban J connectivity index is 2.51. The number of benzene rings is 1. The SMILES string of the molecule is Cc1cc2c(CCO)c3oc(C)cc3c(Cl)c2o1. The van der Waals surface area contributed by atoms with Gasteiger partial charge in [-0.05, 0) is 32.4 Å². The van der Waals surface area contributed by atoms with E-state index in [1.807, 2.05) is 26.0 Å². The molecule has 0 aliphatic heterocycles. The van der Waals surface area contributed by atoms with E-state index in [4.69, 9.17) is 20.4 Å². The van der Waals surface area contributed by atoms with Crippen molar-refractivity contribution in [2.24, 2.45) is 0 Å². The van der Waals surface area contributed by atoms with Crippen LogP contribution in [0.3, 0.4) is 0 Å². The van der Waals surface area contributed by atoms with Crippen LogP contribution >= 0.6 is 11.6 Å². The molecular weight excluding hydrogens is 252 g/mol. The minimum absolute atomic E-state index is 0.0653. The third kappa shape index (κ3) is 1.55. The molecule has 4 heteroatoms. The van der Waals surface area contributed by atoms with Crippen molar-refractivity contribution in [2.75, 3.05) is 6.61 Å². The zero-order chi connectivity index (χ0) is 12.9. The molecule has 1 aromatic carbocycles. The Morgan fingerprint density at radius 3 is 2.33 bits per heavy atom. The van der Waals surface area contributed by atoms with Gasteiger partial charge in [0.2, 0.25) is 0 Å². The molecule has 0 spiro atoms. The van der Waals surface area contributed by atoms with E-state index in [1.165, 1.54) is 0 Å². The van der Waals surface area contributed by atoms with Crippen molar-refractivity contribution in [2.45, 2.75) is 20.3 Å². The summed E-state index contributed by atoms with van der Waals surface area (Å²) in [6, 6.07) is 3.83. The lowest BCUT2D eigenvalue weighted by molar-refractivity contribution is 0.300. The summed E-state index contributed by atoms with van der Waals surface area (Å²) in [4.78, 5) is 0. The molecule has 0 amide bonds. The molecule has 2 aromatic heterocycles. The lowest BCUT2D eigenvalue weighted by Gasteiger charge is -2.03. The Labute approximate surface area is 109 Å². The smallest absolute Gasteiger partial charge is 0.154 e. The van der Waals surface area contributed by atoms with E-state index >= 15 is 0 Å². The molecule has 0 radical (unpaired) electrons. The number of aryl methyl sites for hydroxylation is 2. The Morgan fingerprint density at radius 1 is 1.06 bits per heavy atom. The Bertz CT molecular complexity index is 679. The number of hydrogen-bond donors (Lipinski definition) is 1. The normalized spacial score (nSPS) is 11.8. The van der Waals surface area contributed by atoms with Crippen molar-refractivity contribution in [3.05, 3.63) is 34.2 Å². The van der Waals surface area contributed by atoms with E-state index in [1.54, 1.807) is 0 Å². The van der Waals surface area contributed by atoms with Gasteiger partial charge in [0.15, 0.2) is 5.58 Å². The van der Waals surface area contributed by atoms with Gasteiger partial charge in [-0.25, -0.2) is 0 Å². The highest BCUT2D eigenvalue weighted by molar-refractivity contribution is 6.40. The number of fused-ring (bicyclic) bond motifs is 2. The molecule has 3 aromatic rings. The van der Waals surface area contributed by atoms with Gasteiger partial charge in [0, 0.05) is 22.9 Å². The van der Waals surface area contributed by atoms with E-state index in [9.17, 15) is 5.11 Å². The van der Waals surface area contributed by atoms with Crippen LogP contribution in [0.1, 0.15) is 17.1 Å². The second-order valence-electron chi connectivity index (χ2n) is 4.47. The number of hydrogen-bond acceptors (Lipinski definition) is 3. The topological polar surface area (TPSA) is 46.5 Å². The molecule has 3 nitrogen and oxygen atoms in total. The summed E-state index contributed by atoms with van der Waals surface area (Å²) in [5.41, 5.74) is 2.38. The van der Waals surface area contributed by atoms with Crippen molar-refractivity contribution in [1.29, 1.82) is 0 Å². The van der Waals surface area contributed by atoms with Crippen LogP contribution in [-0.2, 0) is 6.42 Å². The number of furan rings is 2.